The van der Waals surface area contributed by atoms with Gasteiger partial charge in [0.25, 0.3) is 0 Å². The summed E-state index contributed by atoms with van der Waals surface area (Å²) >= 11 is 0. The molecule has 1 aliphatic heterocycles. The van der Waals surface area contributed by atoms with Crippen LogP contribution in [0.4, 0.5) is 4.79 Å². The number of carbonyl (C=O) groups is 1. The first-order valence-electron chi connectivity index (χ1n) is 2.55. The molecule has 0 aromatic carbocycles. The number of hydrogen-bond donors (Lipinski definition) is 1. The molecule has 1 fully saturated rings. The van der Waals surface area contributed by atoms with Gasteiger partial charge in [0.05, 0.1) is 6.04 Å². The molecular formula is C6H9NO2. The summed E-state index contributed by atoms with van der Waals surface area (Å²) in [4.78, 5) is 10.1. The molecule has 50 valence electrons. The van der Waals surface area contributed by atoms with Crippen LogP contribution >= 0.6 is 0 Å². The maximum absolute atomic E-state index is 10.1. The molecule has 0 spiro atoms. The van der Waals surface area contributed by atoms with Crippen molar-refractivity contribution in [3.05, 3.63) is 0 Å². The van der Waals surface area contributed by atoms with Gasteiger partial charge in [0.1, 0.15) is 6.61 Å². The molecule has 1 rings (SSSR count). The van der Waals surface area contributed by atoms with Crippen molar-refractivity contribution in [2.24, 2.45) is 0 Å². The summed E-state index contributed by atoms with van der Waals surface area (Å²) < 4.78 is 4.52. The second kappa shape index (κ2) is 3.79. The number of cyclic esters (lactones) is 1. The molecule has 1 atom stereocenters. The average molecular weight is 127 g/mol. The van der Waals surface area contributed by atoms with E-state index in [9.17, 15) is 4.79 Å². The van der Waals surface area contributed by atoms with Crippen LogP contribution in [0.3, 0.4) is 0 Å². The largest absolute Gasteiger partial charge is 0.447 e. The van der Waals surface area contributed by atoms with E-state index in [1.165, 1.54) is 0 Å². The second-order valence-corrected chi connectivity index (χ2v) is 1.64. The first-order valence-corrected chi connectivity index (χ1v) is 2.55. The topological polar surface area (TPSA) is 38.3 Å². The number of hydrogen-bond acceptors (Lipinski definition) is 2. The number of rotatable bonds is 0. The summed E-state index contributed by atoms with van der Waals surface area (Å²) in [7, 11) is 0. The minimum Gasteiger partial charge on any atom is -0.447 e. The van der Waals surface area contributed by atoms with Crippen LogP contribution in [0.1, 0.15) is 6.92 Å². The Hall–Kier alpha value is -1.17. The Morgan fingerprint density at radius 3 is 2.44 bits per heavy atom. The van der Waals surface area contributed by atoms with Gasteiger partial charge >= 0.3 is 6.09 Å². The lowest BCUT2D eigenvalue weighted by molar-refractivity contribution is 0.177. The number of amides is 1. The quantitative estimate of drug-likeness (QED) is 0.477. The van der Waals surface area contributed by atoms with Crippen molar-refractivity contribution in [3.8, 4) is 12.8 Å². The van der Waals surface area contributed by atoms with Crippen LogP contribution in [0.25, 0.3) is 0 Å². The van der Waals surface area contributed by atoms with E-state index < -0.39 is 0 Å². The van der Waals surface area contributed by atoms with Gasteiger partial charge in [-0.3, -0.25) is 0 Å². The van der Waals surface area contributed by atoms with E-state index in [0.717, 1.165) is 0 Å². The SMILES string of the molecule is C#C.C[C@@H]1COC(=O)N1. The zero-order chi connectivity index (χ0) is 7.28. The van der Waals surface area contributed by atoms with Crippen molar-refractivity contribution in [1.82, 2.24) is 5.32 Å². The Morgan fingerprint density at radius 2 is 2.33 bits per heavy atom. The fourth-order valence-electron chi connectivity index (χ4n) is 0.485. The summed E-state index contributed by atoms with van der Waals surface area (Å²) in [6.45, 7) is 2.41. The van der Waals surface area contributed by atoms with Crippen LogP contribution in [0.2, 0.25) is 0 Å². The minimum absolute atomic E-state index is 0.201. The molecule has 1 N–H and O–H groups in total. The molecule has 1 saturated heterocycles. The molecule has 0 aromatic heterocycles. The van der Waals surface area contributed by atoms with E-state index in [1.807, 2.05) is 6.92 Å². The highest BCUT2D eigenvalue weighted by atomic mass is 16.6. The third-order valence-electron chi connectivity index (χ3n) is 0.829. The lowest BCUT2D eigenvalue weighted by Crippen LogP contribution is -2.21. The summed E-state index contributed by atoms with van der Waals surface area (Å²) in [6, 6.07) is 0.201. The number of ether oxygens (including phenoxy) is 1. The van der Waals surface area contributed by atoms with E-state index in [0.29, 0.717) is 6.61 Å². The van der Waals surface area contributed by atoms with E-state index in [1.54, 1.807) is 0 Å². The van der Waals surface area contributed by atoms with Crippen LogP contribution in [-0.2, 0) is 4.74 Å². The van der Waals surface area contributed by atoms with Gasteiger partial charge in [-0.25, -0.2) is 4.79 Å². The van der Waals surface area contributed by atoms with Gasteiger partial charge in [0.2, 0.25) is 0 Å². The zero-order valence-corrected chi connectivity index (χ0v) is 5.26. The molecule has 0 unspecified atom stereocenters. The molecule has 0 aromatic rings. The Morgan fingerprint density at radius 1 is 1.78 bits per heavy atom. The molecular weight excluding hydrogens is 118 g/mol. The van der Waals surface area contributed by atoms with Gasteiger partial charge in [-0.2, -0.15) is 0 Å². The van der Waals surface area contributed by atoms with Crippen molar-refractivity contribution in [2.45, 2.75) is 13.0 Å². The van der Waals surface area contributed by atoms with E-state index in [4.69, 9.17) is 0 Å². The lowest BCUT2D eigenvalue weighted by atomic mass is 10.4. The first kappa shape index (κ1) is 7.83. The molecule has 3 nitrogen and oxygen atoms in total. The maximum Gasteiger partial charge on any atom is 0.407 e. The fourth-order valence-corrected chi connectivity index (χ4v) is 0.485. The summed E-state index contributed by atoms with van der Waals surface area (Å²) in [6.07, 6.45) is 7.70. The normalized spacial score (nSPS) is 23.0. The highest BCUT2D eigenvalue weighted by molar-refractivity contribution is 5.69. The van der Waals surface area contributed by atoms with Crippen molar-refractivity contribution in [2.75, 3.05) is 6.61 Å². The molecule has 1 aliphatic rings. The van der Waals surface area contributed by atoms with Crippen molar-refractivity contribution < 1.29 is 9.53 Å². The van der Waals surface area contributed by atoms with Crippen LogP contribution in [0.5, 0.6) is 0 Å². The molecule has 0 radical (unpaired) electrons. The lowest BCUT2D eigenvalue weighted by Gasteiger charge is -1.90. The van der Waals surface area contributed by atoms with Crippen LogP contribution in [0.15, 0.2) is 0 Å². The minimum atomic E-state index is -0.299. The highest BCUT2D eigenvalue weighted by Crippen LogP contribution is 1.93. The van der Waals surface area contributed by atoms with Gasteiger partial charge in [-0.1, -0.05) is 0 Å². The third kappa shape index (κ3) is 2.60. The monoisotopic (exact) mass is 127 g/mol. The number of alkyl carbamates (subject to hydrolysis) is 1. The predicted octanol–water partition coefficient (Wildman–Crippen LogP) is 0.364. The van der Waals surface area contributed by atoms with Crippen LogP contribution in [-0.4, -0.2) is 18.7 Å². The highest BCUT2D eigenvalue weighted by Gasteiger charge is 2.15. The van der Waals surface area contributed by atoms with E-state index >= 15 is 0 Å². The van der Waals surface area contributed by atoms with E-state index in [-0.39, 0.29) is 12.1 Å². The Kier molecular flexibility index (Phi) is 3.29. The average Bonchev–Trinajstić information content (AvgIpc) is 2.20. The molecule has 0 bridgehead atoms. The standard InChI is InChI=1S/C4H7NO2.C2H2/c1-3-2-7-4(6)5-3;1-2/h3H,2H2,1H3,(H,5,6);1-2H/t3-;/m1./s1. The molecule has 9 heavy (non-hydrogen) atoms. The number of carbonyl (C=O) groups excluding carboxylic acids is 1. The van der Waals surface area contributed by atoms with Gasteiger partial charge in [-0.05, 0) is 6.92 Å². The Balaban J connectivity index is 0.000000291. The van der Waals surface area contributed by atoms with Crippen molar-refractivity contribution in [1.29, 1.82) is 0 Å². The van der Waals surface area contributed by atoms with Gasteiger partial charge < -0.3 is 10.1 Å². The first-order chi connectivity index (χ1) is 4.29. The van der Waals surface area contributed by atoms with Gasteiger partial charge in [0.15, 0.2) is 0 Å². The summed E-state index contributed by atoms with van der Waals surface area (Å²) in [5, 5.41) is 2.56. The van der Waals surface area contributed by atoms with Crippen LogP contribution < -0.4 is 5.32 Å². The maximum atomic E-state index is 10.1. The molecule has 3 heteroatoms. The fraction of sp³-hybridized carbons (Fsp3) is 0.500. The van der Waals surface area contributed by atoms with Gasteiger partial charge in [-0.15, -0.1) is 12.8 Å². The number of terminal acetylenes is 1. The zero-order valence-electron chi connectivity index (χ0n) is 5.26. The predicted molar refractivity (Wildman–Crippen MR) is 33.8 cm³/mol. The van der Waals surface area contributed by atoms with Crippen molar-refractivity contribution in [3.63, 3.8) is 0 Å². The second-order valence-electron chi connectivity index (χ2n) is 1.64. The summed E-state index contributed by atoms with van der Waals surface area (Å²) in [5.74, 6) is 0. The van der Waals surface area contributed by atoms with Crippen LogP contribution in [0, 0.1) is 12.8 Å². The van der Waals surface area contributed by atoms with Gasteiger partial charge in [0, 0.05) is 0 Å². The smallest absolute Gasteiger partial charge is 0.407 e. The Labute approximate surface area is 54.4 Å². The Bertz CT molecular complexity index is 119. The molecule has 0 saturated carbocycles. The number of nitrogens with one attached hydrogen (secondary N) is 1. The molecule has 0 aliphatic carbocycles. The van der Waals surface area contributed by atoms with Crippen molar-refractivity contribution >= 4 is 6.09 Å². The molecule has 1 heterocycles. The third-order valence-corrected chi connectivity index (χ3v) is 0.829. The summed E-state index contributed by atoms with van der Waals surface area (Å²) in [5.41, 5.74) is 0. The van der Waals surface area contributed by atoms with E-state index in [2.05, 4.69) is 22.9 Å². The molecule has 1 amide bonds.